The zero-order valence-corrected chi connectivity index (χ0v) is 30.7. The van der Waals surface area contributed by atoms with E-state index in [1.54, 1.807) is 36.0 Å². The molecule has 1 aromatic heterocycles. The first-order valence-corrected chi connectivity index (χ1v) is 18.8. The van der Waals surface area contributed by atoms with Crippen molar-refractivity contribution in [3.05, 3.63) is 59.9 Å². The third kappa shape index (κ3) is 15.2. The van der Waals surface area contributed by atoms with Gasteiger partial charge < -0.3 is 26.6 Å². The van der Waals surface area contributed by atoms with Crippen molar-refractivity contribution >= 4 is 23.8 Å². The fourth-order valence-corrected chi connectivity index (χ4v) is 7.13. The number of carbonyl (C=O) groups is 2. The standard InChI is InChI=1S/C38H59N2O5S.ClH/c1-4-6-7-8-9-10-11-12-13-14-15-16-17-22-27-44-30-33-28-34(46-33)31-45-38(42)40(29-32-23-20-21-26-39(32)5-2)37(41)35-24-18-19-25-36(35)43-3;/h18-21,23-26,33-34H,4-17,22,27-31H2,1-3H3;1H/q+1;/p-1. The molecule has 1 aromatic carbocycles. The Morgan fingerprint density at radius 3 is 2.00 bits per heavy atom. The van der Waals surface area contributed by atoms with Gasteiger partial charge in [-0.15, -0.1) is 11.8 Å². The van der Waals surface area contributed by atoms with Gasteiger partial charge in [0.25, 0.3) is 5.91 Å². The monoisotopic (exact) mass is 690 g/mol. The highest BCUT2D eigenvalue weighted by molar-refractivity contribution is 8.01. The number of para-hydroxylation sites is 1. The number of pyridine rings is 1. The second-order valence-corrected chi connectivity index (χ2v) is 14.0. The van der Waals surface area contributed by atoms with E-state index in [-0.39, 0.29) is 30.8 Å². The normalized spacial score (nSPS) is 15.4. The summed E-state index contributed by atoms with van der Waals surface area (Å²) >= 11 is 1.81. The summed E-state index contributed by atoms with van der Waals surface area (Å²) in [6, 6.07) is 12.7. The third-order valence-corrected chi connectivity index (χ3v) is 10.2. The number of ether oxygens (including phenoxy) is 3. The molecule has 264 valence electrons. The minimum absolute atomic E-state index is 0. The van der Waals surface area contributed by atoms with Crippen LogP contribution < -0.4 is 21.7 Å². The van der Waals surface area contributed by atoms with Crippen LogP contribution >= 0.6 is 11.8 Å². The number of halogens is 1. The summed E-state index contributed by atoms with van der Waals surface area (Å²) in [6.07, 6.45) is 21.3. The predicted octanol–water partition coefficient (Wildman–Crippen LogP) is 6.16. The van der Waals surface area contributed by atoms with E-state index in [1.807, 2.05) is 35.9 Å². The third-order valence-electron chi connectivity index (χ3n) is 8.75. The average Bonchev–Trinajstić information content (AvgIpc) is 3.07. The highest BCUT2D eigenvalue weighted by Gasteiger charge is 2.34. The van der Waals surface area contributed by atoms with Crippen molar-refractivity contribution in [3.8, 4) is 5.75 Å². The van der Waals surface area contributed by atoms with Gasteiger partial charge in [0.2, 0.25) is 5.69 Å². The molecule has 0 radical (unpaired) electrons. The average molecular weight is 691 g/mol. The van der Waals surface area contributed by atoms with Gasteiger partial charge in [-0.3, -0.25) is 4.79 Å². The Morgan fingerprint density at radius 1 is 0.809 bits per heavy atom. The van der Waals surface area contributed by atoms with E-state index in [1.165, 1.54) is 95.5 Å². The Labute approximate surface area is 294 Å². The lowest BCUT2D eigenvalue weighted by Gasteiger charge is -2.34. The second kappa shape index (κ2) is 24.8. The van der Waals surface area contributed by atoms with Crippen LogP contribution in [-0.2, 0) is 22.6 Å². The van der Waals surface area contributed by atoms with Crippen molar-refractivity contribution in [2.24, 2.45) is 0 Å². The molecule has 1 saturated heterocycles. The van der Waals surface area contributed by atoms with E-state index in [4.69, 9.17) is 14.2 Å². The van der Waals surface area contributed by atoms with Crippen molar-refractivity contribution in [2.75, 3.05) is 26.9 Å². The maximum Gasteiger partial charge on any atom is 0.417 e. The fourth-order valence-electron chi connectivity index (χ4n) is 5.94. The van der Waals surface area contributed by atoms with Crippen molar-refractivity contribution < 1.29 is 40.8 Å². The van der Waals surface area contributed by atoms with Crippen LogP contribution in [0.4, 0.5) is 4.79 Å². The van der Waals surface area contributed by atoms with E-state index < -0.39 is 12.0 Å². The molecule has 0 bridgehead atoms. The van der Waals surface area contributed by atoms with Gasteiger partial charge in [0, 0.05) is 29.2 Å². The minimum Gasteiger partial charge on any atom is -1.00 e. The van der Waals surface area contributed by atoms with Crippen molar-refractivity contribution in [3.63, 3.8) is 0 Å². The van der Waals surface area contributed by atoms with Crippen LogP contribution in [0.2, 0.25) is 0 Å². The van der Waals surface area contributed by atoms with E-state index in [2.05, 4.69) is 6.92 Å². The molecule has 2 amide bonds. The maximum atomic E-state index is 13.6. The summed E-state index contributed by atoms with van der Waals surface area (Å²) in [5, 5.41) is 0.661. The predicted molar refractivity (Wildman–Crippen MR) is 187 cm³/mol. The largest absolute Gasteiger partial charge is 1.00 e. The number of aromatic nitrogens is 1. The van der Waals surface area contributed by atoms with Gasteiger partial charge in [-0.2, -0.15) is 0 Å². The molecule has 3 rings (SSSR count). The molecule has 0 aliphatic carbocycles. The number of unbranched alkanes of at least 4 members (excludes halogenated alkanes) is 13. The summed E-state index contributed by atoms with van der Waals surface area (Å²) in [4.78, 5) is 28.1. The van der Waals surface area contributed by atoms with Gasteiger partial charge in [0.15, 0.2) is 6.20 Å². The molecule has 1 fully saturated rings. The van der Waals surface area contributed by atoms with Gasteiger partial charge in [-0.1, -0.05) is 109 Å². The SMILES string of the molecule is CCCCCCCCCCCCCCCCOCC1CC(COC(=O)N(Cc2cccc[n+]2CC)C(=O)c2ccccc2OC)S1.[Cl-]. The Morgan fingerprint density at radius 2 is 1.38 bits per heavy atom. The quantitative estimate of drug-likeness (QED) is 0.0972. The Bertz CT molecular complexity index is 1150. The van der Waals surface area contributed by atoms with Crippen LogP contribution in [0.3, 0.4) is 0 Å². The van der Waals surface area contributed by atoms with Crippen molar-refractivity contribution in [1.82, 2.24) is 4.90 Å². The number of thioether (sulfide) groups is 1. The number of methoxy groups -OCH3 is 1. The Hall–Kier alpha value is -2.29. The van der Waals surface area contributed by atoms with E-state index >= 15 is 0 Å². The smallest absolute Gasteiger partial charge is 0.417 e. The molecule has 0 spiro atoms. The molecule has 1 aliphatic rings. The number of amides is 2. The minimum atomic E-state index is -0.638. The molecule has 2 heterocycles. The number of hydrogen-bond acceptors (Lipinski definition) is 6. The summed E-state index contributed by atoms with van der Waals surface area (Å²) in [6.45, 7) is 6.99. The molecule has 2 unspecified atom stereocenters. The van der Waals surface area contributed by atoms with Gasteiger partial charge in [-0.05, 0) is 31.9 Å². The van der Waals surface area contributed by atoms with Crippen LogP contribution in [0.5, 0.6) is 5.75 Å². The molecule has 0 N–H and O–H groups in total. The van der Waals surface area contributed by atoms with Crippen LogP contribution in [0.15, 0.2) is 48.7 Å². The van der Waals surface area contributed by atoms with Crippen molar-refractivity contribution in [1.29, 1.82) is 0 Å². The van der Waals surface area contributed by atoms with E-state index in [9.17, 15) is 9.59 Å². The lowest BCUT2D eigenvalue weighted by molar-refractivity contribution is -0.701. The zero-order chi connectivity index (χ0) is 32.8. The molecule has 0 saturated carbocycles. The van der Waals surface area contributed by atoms with E-state index in [0.717, 1.165) is 38.3 Å². The molecular formula is C38H59ClN2O5S. The molecular weight excluding hydrogens is 632 g/mol. The molecule has 2 aromatic rings. The Kier molecular flexibility index (Phi) is 21.6. The summed E-state index contributed by atoms with van der Waals surface area (Å²) in [5.41, 5.74) is 1.18. The van der Waals surface area contributed by atoms with Gasteiger partial charge >= 0.3 is 6.09 Å². The van der Waals surface area contributed by atoms with Gasteiger partial charge in [-0.25, -0.2) is 14.3 Å². The first-order valence-electron chi connectivity index (χ1n) is 17.9. The lowest BCUT2D eigenvalue weighted by Crippen LogP contribution is -3.00. The second-order valence-electron chi connectivity index (χ2n) is 12.4. The molecule has 2 atom stereocenters. The number of hydrogen-bond donors (Lipinski definition) is 0. The molecule has 7 nitrogen and oxygen atoms in total. The highest BCUT2D eigenvalue weighted by atomic mass is 35.5. The van der Waals surface area contributed by atoms with Crippen LogP contribution in [0, 0.1) is 0 Å². The maximum absolute atomic E-state index is 13.6. The zero-order valence-electron chi connectivity index (χ0n) is 29.1. The summed E-state index contributed by atoms with van der Waals surface area (Å²) < 4.78 is 19.1. The summed E-state index contributed by atoms with van der Waals surface area (Å²) in [5.74, 6) is -0.0156. The first-order chi connectivity index (χ1) is 22.6. The summed E-state index contributed by atoms with van der Waals surface area (Å²) in [7, 11) is 1.52. The number of aryl methyl sites for hydroxylation is 1. The number of rotatable bonds is 24. The van der Waals surface area contributed by atoms with Crippen LogP contribution in [0.1, 0.15) is 126 Å². The molecule has 1 aliphatic heterocycles. The number of benzene rings is 1. The number of nitrogens with zero attached hydrogens (tertiary/aromatic N) is 2. The molecule has 9 heteroatoms. The Balaban J connectivity index is 0.00000768. The lowest BCUT2D eigenvalue weighted by atomic mass is 10.0. The highest BCUT2D eigenvalue weighted by Crippen LogP contribution is 2.37. The van der Waals surface area contributed by atoms with Crippen molar-refractivity contribution in [2.45, 2.75) is 134 Å². The molecule has 47 heavy (non-hydrogen) atoms. The van der Waals surface area contributed by atoms with Crippen LogP contribution in [-0.4, -0.2) is 54.3 Å². The topological polar surface area (TPSA) is 69.0 Å². The van der Waals surface area contributed by atoms with Crippen LogP contribution in [0.25, 0.3) is 0 Å². The van der Waals surface area contributed by atoms with Gasteiger partial charge in [0.1, 0.15) is 25.4 Å². The number of carbonyl (C=O) groups excluding carboxylic acids is 2. The number of imide groups is 1. The first kappa shape index (κ1) is 40.9. The van der Waals surface area contributed by atoms with E-state index in [0.29, 0.717) is 16.6 Å². The fraction of sp³-hybridized carbons (Fsp3) is 0.658. The van der Waals surface area contributed by atoms with Gasteiger partial charge in [0.05, 0.1) is 19.3 Å².